The van der Waals surface area contributed by atoms with Gasteiger partial charge in [-0.15, -0.1) is 0 Å². The lowest BCUT2D eigenvalue weighted by Crippen LogP contribution is -2.45. The van der Waals surface area contributed by atoms with Crippen LogP contribution in [0.3, 0.4) is 0 Å². The Hall–Kier alpha value is -2.15. The van der Waals surface area contributed by atoms with Crippen LogP contribution in [-0.2, 0) is 11.2 Å². The van der Waals surface area contributed by atoms with Gasteiger partial charge in [0.05, 0.1) is 6.42 Å². The van der Waals surface area contributed by atoms with Crippen LogP contribution < -0.4 is 10.6 Å². The normalized spacial score (nSPS) is 16.8. The Morgan fingerprint density at radius 3 is 2.75 bits per heavy atom. The maximum absolute atomic E-state index is 11.2. The van der Waals surface area contributed by atoms with E-state index in [2.05, 4.69) is 26.8 Å². The van der Waals surface area contributed by atoms with E-state index >= 15 is 0 Å². The molecule has 1 saturated heterocycles. The minimum atomic E-state index is -0.386. The van der Waals surface area contributed by atoms with E-state index in [0.29, 0.717) is 11.8 Å². The van der Waals surface area contributed by atoms with E-state index in [-0.39, 0.29) is 12.3 Å². The second-order valence-electron chi connectivity index (χ2n) is 5.11. The maximum atomic E-state index is 11.2. The Labute approximate surface area is 117 Å². The van der Waals surface area contributed by atoms with Crippen LogP contribution in [0.1, 0.15) is 5.82 Å². The van der Waals surface area contributed by atoms with Crippen molar-refractivity contribution in [1.29, 1.82) is 0 Å². The molecule has 1 aliphatic heterocycles. The van der Waals surface area contributed by atoms with E-state index in [4.69, 9.17) is 5.73 Å². The van der Waals surface area contributed by atoms with Gasteiger partial charge in [0.15, 0.2) is 0 Å². The third-order valence-electron chi connectivity index (χ3n) is 3.57. The molecule has 0 bridgehead atoms. The molecule has 2 aromatic heterocycles. The van der Waals surface area contributed by atoms with Crippen LogP contribution in [0.5, 0.6) is 0 Å². The lowest BCUT2D eigenvalue weighted by Gasteiger charge is -2.32. The Bertz CT molecular complexity index is 629. The summed E-state index contributed by atoms with van der Waals surface area (Å²) < 4.78 is 1.81. The molecular formula is C13H18N6O. The predicted molar refractivity (Wildman–Crippen MR) is 75.6 cm³/mol. The lowest BCUT2D eigenvalue weighted by atomic mass is 10.3. The van der Waals surface area contributed by atoms with Crippen LogP contribution in [-0.4, -0.2) is 58.4 Å². The molecule has 0 aliphatic carbocycles. The number of nitrogens with two attached hydrogens (primary N) is 1. The lowest BCUT2D eigenvalue weighted by molar-refractivity contribution is -0.117. The molecule has 0 spiro atoms. The zero-order chi connectivity index (χ0) is 14.1. The molecule has 1 aliphatic rings. The second kappa shape index (κ2) is 5.09. The second-order valence-corrected chi connectivity index (χ2v) is 5.11. The number of nitrogens with zero attached hydrogens (tertiary/aromatic N) is 5. The summed E-state index contributed by atoms with van der Waals surface area (Å²) >= 11 is 0. The van der Waals surface area contributed by atoms with Gasteiger partial charge in [0.2, 0.25) is 11.9 Å². The number of hydrogen-bond donors (Lipinski definition) is 1. The van der Waals surface area contributed by atoms with Gasteiger partial charge in [0, 0.05) is 32.4 Å². The number of aromatic nitrogens is 3. The number of piperazine rings is 1. The van der Waals surface area contributed by atoms with Gasteiger partial charge < -0.3 is 15.5 Å². The van der Waals surface area contributed by atoms with Gasteiger partial charge >= 0.3 is 0 Å². The number of hydrogen-bond acceptors (Lipinski definition) is 5. The van der Waals surface area contributed by atoms with E-state index in [1.807, 2.05) is 22.7 Å². The molecule has 106 valence electrons. The monoisotopic (exact) mass is 274 g/mol. The molecule has 0 atom stereocenters. The first-order valence-electron chi connectivity index (χ1n) is 6.69. The molecule has 2 N–H and O–H groups in total. The van der Waals surface area contributed by atoms with Crippen molar-refractivity contribution in [3.05, 3.63) is 24.2 Å². The fourth-order valence-corrected chi connectivity index (χ4v) is 2.41. The summed E-state index contributed by atoms with van der Waals surface area (Å²) in [5.41, 5.74) is 6.09. The average Bonchev–Trinajstić information content (AvgIpc) is 2.87. The Balaban J connectivity index is 1.96. The van der Waals surface area contributed by atoms with Crippen LogP contribution in [0, 0.1) is 0 Å². The van der Waals surface area contributed by atoms with Gasteiger partial charge in [-0.3, -0.25) is 9.20 Å². The zero-order valence-electron chi connectivity index (χ0n) is 11.5. The van der Waals surface area contributed by atoms with Gasteiger partial charge in [-0.25, -0.2) is 0 Å². The highest BCUT2D eigenvalue weighted by Crippen LogP contribution is 2.14. The van der Waals surface area contributed by atoms with E-state index in [1.54, 1.807) is 0 Å². The highest BCUT2D eigenvalue weighted by Gasteiger charge is 2.18. The number of amides is 1. The molecule has 0 saturated carbocycles. The number of primary amides is 1. The average molecular weight is 274 g/mol. The van der Waals surface area contributed by atoms with Crippen molar-refractivity contribution in [2.75, 3.05) is 38.1 Å². The first kappa shape index (κ1) is 12.9. The van der Waals surface area contributed by atoms with E-state index in [1.165, 1.54) is 0 Å². The Kier molecular flexibility index (Phi) is 3.27. The predicted octanol–water partition coefficient (Wildman–Crippen LogP) is -0.491. The van der Waals surface area contributed by atoms with Crippen LogP contribution in [0.2, 0.25) is 0 Å². The molecule has 0 aromatic carbocycles. The number of anilines is 1. The van der Waals surface area contributed by atoms with Crippen molar-refractivity contribution in [1.82, 2.24) is 19.3 Å². The van der Waals surface area contributed by atoms with Crippen LogP contribution in [0.4, 0.5) is 5.95 Å². The summed E-state index contributed by atoms with van der Waals surface area (Å²) in [5.74, 6) is 0.935. The van der Waals surface area contributed by atoms with Crippen LogP contribution in [0.25, 0.3) is 5.65 Å². The van der Waals surface area contributed by atoms with Crippen molar-refractivity contribution in [2.24, 2.45) is 5.73 Å². The summed E-state index contributed by atoms with van der Waals surface area (Å²) in [7, 11) is 2.10. The summed E-state index contributed by atoms with van der Waals surface area (Å²) in [6, 6.07) is 3.80. The van der Waals surface area contributed by atoms with Gasteiger partial charge in [0.25, 0.3) is 0 Å². The third-order valence-corrected chi connectivity index (χ3v) is 3.57. The third kappa shape index (κ3) is 2.44. The van der Waals surface area contributed by atoms with Crippen molar-refractivity contribution < 1.29 is 4.79 Å². The number of rotatable bonds is 3. The fraction of sp³-hybridized carbons (Fsp3) is 0.462. The van der Waals surface area contributed by atoms with Crippen LogP contribution in [0.15, 0.2) is 18.3 Å². The van der Waals surface area contributed by atoms with Crippen molar-refractivity contribution in [3.63, 3.8) is 0 Å². The summed E-state index contributed by atoms with van der Waals surface area (Å²) in [6.45, 7) is 3.76. The zero-order valence-corrected chi connectivity index (χ0v) is 11.5. The van der Waals surface area contributed by atoms with Crippen LogP contribution >= 0.6 is 0 Å². The summed E-state index contributed by atoms with van der Waals surface area (Å²) in [5, 5.41) is 0. The number of likely N-dealkylation sites (N-methyl/N-ethyl adjacent to an activating group) is 1. The molecule has 3 rings (SSSR count). The first-order chi connectivity index (χ1) is 9.63. The quantitative estimate of drug-likeness (QED) is 0.817. The van der Waals surface area contributed by atoms with Crippen molar-refractivity contribution in [3.8, 4) is 0 Å². The Morgan fingerprint density at radius 1 is 1.30 bits per heavy atom. The standard InChI is InChI=1S/C13H18N6O/c1-17-5-7-18(8-6-17)13-15-11-3-2-4-19(11)12(16-13)9-10(14)20/h2-4H,5-9H2,1H3,(H2,14,20). The molecule has 7 nitrogen and oxygen atoms in total. The van der Waals surface area contributed by atoms with Crippen molar-refractivity contribution in [2.45, 2.75) is 6.42 Å². The molecule has 7 heteroatoms. The van der Waals surface area contributed by atoms with E-state index in [9.17, 15) is 4.79 Å². The number of carbonyl (C=O) groups is 1. The molecule has 0 radical (unpaired) electrons. The fourth-order valence-electron chi connectivity index (χ4n) is 2.41. The summed E-state index contributed by atoms with van der Waals surface area (Å²) in [6.07, 6.45) is 1.97. The smallest absolute Gasteiger partial charge is 0.229 e. The molecule has 1 fully saturated rings. The first-order valence-corrected chi connectivity index (χ1v) is 6.69. The minimum absolute atomic E-state index is 0.119. The number of carbonyl (C=O) groups excluding carboxylic acids is 1. The molecular weight excluding hydrogens is 256 g/mol. The summed E-state index contributed by atoms with van der Waals surface area (Å²) in [4.78, 5) is 24.7. The van der Waals surface area contributed by atoms with Gasteiger partial charge in [-0.05, 0) is 19.2 Å². The van der Waals surface area contributed by atoms with Gasteiger partial charge in [-0.2, -0.15) is 9.97 Å². The topological polar surface area (TPSA) is 79.8 Å². The molecule has 3 heterocycles. The van der Waals surface area contributed by atoms with Gasteiger partial charge in [-0.1, -0.05) is 0 Å². The van der Waals surface area contributed by atoms with E-state index < -0.39 is 0 Å². The highest BCUT2D eigenvalue weighted by atomic mass is 16.1. The van der Waals surface area contributed by atoms with E-state index in [0.717, 1.165) is 31.8 Å². The van der Waals surface area contributed by atoms with Gasteiger partial charge in [0.1, 0.15) is 11.5 Å². The SMILES string of the molecule is CN1CCN(c2nc(CC(N)=O)n3cccc3n2)CC1. The van der Waals surface area contributed by atoms with Crippen molar-refractivity contribution >= 4 is 17.5 Å². The maximum Gasteiger partial charge on any atom is 0.229 e. The molecule has 0 unspecified atom stereocenters. The minimum Gasteiger partial charge on any atom is -0.369 e. The number of fused-ring (bicyclic) bond motifs is 1. The Morgan fingerprint density at radius 2 is 2.05 bits per heavy atom. The molecule has 1 amide bonds. The molecule has 20 heavy (non-hydrogen) atoms. The molecule has 2 aromatic rings. The highest BCUT2D eigenvalue weighted by molar-refractivity contribution is 5.76. The largest absolute Gasteiger partial charge is 0.369 e.